The SMILES string of the molecule is CC(C)N1CCC(NS(=O)(=O)c2cc(Cl)cnc2N)C1=O. The first kappa shape index (κ1) is 16.0. The Morgan fingerprint density at radius 3 is 2.76 bits per heavy atom. The fourth-order valence-electron chi connectivity index (χ4n) is 2.22. The standard InChI is InChI=1S/C12H17ClN4O3S/c1-7(2)17-4-3-9(12(17)18)16-21(19,20)10-5-8(13)6-15-11(10)14/h5-7,9,16H,3-4H2,1-2H3,(H2,14,15). The molecular formula is C12H17ClN4O3S. The number of halogens is 1. The Morgan fingerprint density at radius 2 is 2.19 bits per heavy atom. The predicted molar refractivity (Wildman–Crippen MR) is 79.2 cm³/mol. The van der Waals surface area contributed by atoms with Crippen molar-refractivity contribution < 1.29 is 13.2 Å². The van der Waals surface area contributed by atoms with Crippen LogP contribution >= 0.6 is 11.6 Å². The Hall–Kier alpha value is -1.38. The van der Waals surface area contributed by atoms with Crippen molar-refractivity contribution in [3.8, 4) is 0 Å². The monoisotopic (exact) mass is 332 g/mol. The lowest BCUT2D eigenvalue weighted by molar-refractivity contribution is -0.130. The number of nitrogen functional groups attached to an aromatic ring is 1. The summed E-state index contributed by atoms with van der Waals surface area (Å²) in [5.74, 6) is -0.389. The zero-order chi connectivity index (χ0) is 15.8. The molecule has 1 aromatic heterocycles. The average molecular weight is 333 g/mol. The van der Waals surface area contributed by atoms with Crippen LogP contribution in [0.25, 0.3) is 0 Å². The summed E-state index contributed by atoms with van der Waals surface area (Å²) < 4.78 is 27.0. The summed E-state index contributed by atoms with van der Waals surface area (Å²) in [4.78, 5) is 17.3. The smallest absolute Gasteiger partial charge is 0.245 e. The van der Waals surface area contributed by atoms with E-state index in [1.54, 1.807) is 4.90 Å². The van der Waals surface area contributed by atoms with Gasteiger partial charge in [0.15, 0.2) is 0 Å². The molecule has 1 atom stereocenters. The van der Waals surface area contributed by atoms with Crippen molar-refractivity contribution in [3.63, 3.8) is 0 Å². The Bertz CT molecular complexity index is 662. The van der Waals surface area contributed by atoms with Gasteiger partial charge in [0.25, 0.3) is 0 Å². The molecule has 3 N–H and O–H groups in total. The molecule has 1 aliphatic heterocycles. The van der Waals surface area contributed by atoms with Gasteiger partial charge in [-0.25, -0.2) is 13.4 Å². The van der Waals surface area contributed by atoms with Crippen LogP contribution in [0, 0.1) is 0 Å². The molecule has 1 unspecified atom stereocenters. The van der Waals surface area contributed by atoms with E-state index in [9.17, 15) is 13.2 Å². The highest BCUT2D eigenvalue weighted by Crippen LogP contribution is 2.22. The number of carbonyl (C=O) groups excluding carboxylic acids is 1. The molecule has 2 rings (SSSR count). The van der Waals surface area contributed by atoms with Crippen molar-refractivity contribution in [3.05, 3.63) is 17.3 Å². The summed E-state index contributed by atoms with van der Waals surface area (Å²) in [6, 6.07) is 0.465. The van der Waals surface area contributed by atoms with Crippen LogP contribution in [0.4, 0.5) is 5.82 Å². The van der Waals surface area contributed by atoms with E-state index >= 15 is 0 Å². The maximum atomic E-state index is 12.3. The number of hydrogen-bond donors (Lipinski definition) is 2. The van der Waals surface area contributed by atoms with Crippen molar-refractivity contribution in [1.82, 2.24) is 14.6 Å². The number of amides is 1. The summed E-state index contributed by atoms with van der Waals surface area (Å²) in [7, 11) is -3.95. The van der Waals surface area contributed by atoms with Crippen LogP contribution in [-0.4, -0.2) is 42.8 Å². The van der Waals surface area contributed by atoms with E-state index in [0.29, 0.717) is 13.0 Å². The van der Waals surface area contributed by atoms with Crippen LogP contribution in [0.2, 0.25) is 5.02 Å². The molecule has 21 heavy (non-hydrogen) atoms. The molecule has 0 aliphatic carbocycles. The van der Waals surface area contributed by atoms with Gasteiger partial charge in [-0.15, -0.1) is 0 Å². The minimum atomic E-state index is -3.95. The van der Waals surface area contributed by atoms with E-state index in [0.717, 1.165) is 0 Å². The van der Waals surface area contributed by atoms with E-state index in [-0.39, 0.29) is 27.7 Å². The fraction of sp³-hybridized carbons (Fsp3) is 0.500. The van der Waals surface area contributed by atoms with Crippen LogP contribution < -0.4 is 10.5 Å². The number of likely N-dealkylation sites (tertiary alicyclic amines) is 1. The predicted octanol–water partition coefficient (Wildman–Crippen LogP) is 0.605. The molecule has 1 aliphatic rings. The van der Waals surface area contributed by atoms with E-state index in [2.05, 4.69) is 9.71 Å². The van der Waals surface area contributed by atoms with Crippen molar-refractivity contribution in [1.29, 1.82) is 0 Å². The lowest BCUT2D eigenvalue weighted by Crippen LogP contribution is -2.43. The number of anilines is 1. The van der Waals surface area contributed by atoms with Gasteiger partial charge in [-0.1, -0.05) is 11.6 Å². The van der Waals surface area contributed by atoms with E-state index in [1.165, 1.54) is 12.3 Å². The number of carbonyl (C=O) groups is 1. The van der Waals surface area contributed by atoms with Gasteiger partial charge < -0.3 is 10.6 Å². The van der Waals surface area contributed by atoms with Gasteiger partial charge in [0, 0.05) is 18.8 Å². The van der Waals surface area contributed by atoms with Gasteiger partial charge in [-0.2, -0.15) is 4.72 Å². The molecule has 1 amide bonds. The number of nitrogens with one attached hydrogen (secondary N) is 1. The Labute approximate surface area is 128 Å². The minimum absolute atomic E-state index is 0.0323. The molecule has 7 nitrogen and oxygen atoms in total. The second kappa shape index (κ2) is 5.78. The molecule has 1 saturated heterocycles. The topological polar surface area (TPSA) is 105 Å². The number of pyridine rings is 1. The molecule has 1 fully saturated rings. The van der Waals surface area contributed by atoms with Gasteiger partial charge in [0.1, 0.15) is 16.8 Å². The molecule has 116 valence electrons. The number of aromatic nitrogens is 1. The zero-order valence-corrected chi connectivity index (χ0v) is 13.3. The minimum Gasteiger partial charge on any atom is -0.383 e. The van der Waals surface area contributed by atoms with Crippen LogP contribution in [0.5, 0.6) is 0 Å². The largest absolute Gasteiger partial charge is 0.383 e. The van der Waals surface area contributed by atoms with Crippen molar-refractivity contribution >= 4 is 33.3 Å². The molecule has 2 heterocycles. The van der Waals surface area contributed by atoms with E-state index in [1.807, 2.05) is 13.8 Å². The fourth-order valence-corrected chi connectivity index (χ4v) is 3.77. The van der Waals surface area contributed by atoms with E-state index < -0.39 is 16.1 Å². The van der Waals surface area contributed by atoms with Gasteiger partial charge in [-0.05, 0) is 26.3 Å². The summed E-state index contributed by atoms with van der Waals surface area (Å²) in [6.07, 6.45) is 1.68. The number of rotatable bonds is 4. The maximum Gasteiger partial charge on any atom is 0.245 e. The third-order valence-electron chi connectivity index (χ3n) is 3.30. The lowest BCUT2D eigenvalue weighted by atomic mass is 10.3. The number of sulfonamides is 1. The first-order chi connectivity index (χ1) is 9.72. The second-order valence-corrected chi connectivity index (χ2v) is 7.24. The van der Waals surface area contributed by atoms with Gasteiger partial charge in [0.2, 0.25) is 15.9 Å². The van der Waals surface area contributed by atoms with Gasteiger partial charge in [0.05, 0.1) is 5.02 Å². The average Bonchev–Trinajstić information content (AvgIpc) is 2.73. The summed E-state index contributed by atoms with van der Waals surface area (Å²) in [5, 5.41) is 0.158. The number of hydrogen-bond acceptors (Lipinski definition) is 5. The Balaban J connectivity index is 2.23. The van der Waals surface area contributed by atoms with E-state index in [4.69, 9.17) is 17.3 Å². The first-order valence-electron chi connectivity index (χ1n) is 6.46. The zero-order valence-electron chi connectivity index (χ0n) is 11.7. The summed E-state index contributed by atoms with van der Waals surface area (Å²) >= 11 is 5.75. The van der Waals surface area contributed by atoms with Crippen molar-refractivity contribution in [2.24, 2.45) is 0 Å². The molecule has 0 radical (unpaired) electrons. The molecule has 0 saturated carbocycles. The molecule has 1 aromatic rings. The number of nitrogens with two attached hydrogens (primary N) is 1. The van der Waals surface area contributed by atoms with Crippen LogP contribution in [0.15, 0.2) is 17.2 Å². The van der Waals surface area contributed by atoms with Gasteiger partial charge in [-0.3, -0.25) is 4.79 Å². The highest BCUT2D eigenvalue weighted by Gasteiger charge is 2.36. The summed E-state index contributed by atoms with van der Waals surface area (Å²) in [5.41, 5.74) is 5.58. The van der Waals surface area contributed by atoms with Crippen molar-refractivity contribution in [2.75, 3.05) is 12.3 Å². The van der Waals surface area contributed by atoms with Gasteiger partial charge >= 0.3 is 0 Å². The maximum absolute atomic E-state index is 12.3. The third-order valence-corrected chi connectivity index (χ3v) is 5.01. The Kier molecular flexibility index (Phi) is 4.40. The highest BCUT2D eigenvalue weighted by atomic mass is 35.5. The highest BCUT2D eigenvalue weighted by molar-refractivity contribution is 7.89. The molecule has 0 bridgehead atoms. The van der Waals surface area contributed by atoms with Crippen LogP contribution in [0.1, 0.15) is 20.3 Å². The third kappa shape index (κ3) is 3.28. The van der Waals surface area contributed by atoms with Crippen molar-refractivity contribution in [2.45, 2.75) is 37.2 Å². The normalized spacial score (nSPS) is 19.5. The second-order valence-electron chi connectivity index (χ2n) is 5.12. The summed E-state index contributed by atoms with van der Waals surface area (Å²) in [6.45, 7) is 4.29. The molecule has 0 aromatic carbocycles. The molecule has 0 spiro atoms. The van der Waals surface area contributed by atoms with Crippen LogP contribution in [0.3, 0.4) is 0 Å². The first-order valence-corrected chi connectivity index (χ1v) is 8.32. The molecular weight excluding hydrogens is 316 g/mol. The number of nitrogens with zero attached hydrogens (tertiary/aromatic N) is 2. The lowest BCUT2D eigenvalue weighted by Gasteiger charge is -2.21. The van der Waals surface area contributed by atoms with Crippen LogP contribution in [-0.2, 0) is 14.8 Å². The Morgan fingerprint density at radius 1 is 1.52 bits per heavy atom. The quantitative estimate of drug-likeness (QED) is 0.840. The molecule has 9 heteroatoms.